The normalized spacial score (nSPS) is 35.2. The van der Waals surface area contributed by atoms with E-state index in [9.17, 15) is 4.79 Å². The van der Waals surface area contributed by atoms with Crippen molar-refractivity contribution in [1.82, 2.24) is 0 Å². The SMILES string of the molecule is CC(C)C1=CC2C(=O)CC2C1. The fourth-order valence-electron chi connectivity index (χ4n) is 2.08. The number of Topliss-reactive ketones (excluding diaryl/α,β-unsaturated/α-hetero) is 1. The molecule has 0 N–H and O–H groups in total. The number of carbonyl (C=O) groups is 1. The van der Waals surface area contributed by atoms with Crippen LogP contribution >= 0.6 is 0 Å². The molecule has 1 heteroatoms. The maximum Gasteiger partial charge on any atom is 0.140 e. The zero-order valence-electron chi connectivity index (χ0n) is 7.13. The molecule has 0 spiro atoms. The van der Waals surface area contributed by atoms with Crippen LogP contribution in [-0.2, 0) is 4.79 Å². The third-order valence-corrected chi connectivity index (χ3v) is 2.98. The highest BCUT2D eigenvalue weighted by Crippen LogP contribution is 2.44. The largest absolute Gasteiger partial charge is 0.299 e. The number of hydrogen-bond donors (Lipinski definition) is 0. The molecule has 0 aromatic carbocycles. The Balaban J connectivity index is 2.12. The Morgan fingerprint density at radius 3 is 2.64 bits per heavy atom. The highest BCUT2D eigenvalue weighted by atomic mass is 16.1. The molecule has 0 radical (unpaired) electrons. The van der Waals surface area contributed by atoms with Gasteiger partial charge < -0.3 is 0 Å². The lowest BCUT2D eigenvalue weighted by atomic mass is 9.75. The van der Waals surface area contributed by atoms with Gasteiger partial charge in [0.15, 0.2) is 0 Å². The van der Waals surface area contributed by atoms with Crippen LogP contribution in [-0.4, -0.2) is 5.78 Å². The van der Waals surface area contributed by atoms with Gasteiger partial charge in [-0.1, -0.05) is 25.5 Å². The van der Waals surface area contributed by atoms with E-state index >= 15 is 0 Å². The molecule has 0 aromatic heterocycles. The first kappa shape index (κ1) is 7.08. The van der Waals surface area contributed by atoms with E-state index in [0.29, 0.717) is 23.5 Å². The number of ketones is 1. The van der Waals surface area contributed by atoms with Crippen LogP contribution in [0.5, 0.6) is 0 Å². The number of allylic oxidation sites excluding steroid dienone is 2. The summed E-state index contributed by atoms with van der Waals surface area (Å²) >= 11 is 0. The molecular formula is C10H14O. The van der Waals surface area contributed by atoms with Gasteiger partial charge in [0.25, 0.3) is 0 Å². The Morgan fingerprint density at radius 1 is 1.45 bits per heavy atom. The van der Waals surface area contributed by atoms with E-state index in [0.717, 1.165) is 6.42 Å². The summed E-state index contributed by atoms with van der Waals surface area (Å²) in [6.07, 6.45) is 4.24. The van der Waals surface area contributed by atoms with Crippen LogP contribution in [0.25, 0.3) is 0 Å². The van der Waals surface area contributed by atoms with Crippen LogP contribution in [0.4, 0.5) is 0 Å². The maximum atomic E-state index is 11.0. The lowest BCUT2D eigenvalue weighted by Gasteiger charge is -2.27. The zero-order valence-corrected chi connectivity index (χ0v) is 7.13. The van der Waals surface area contributed by atoms with Gasteiger partial charge in [0.05, 0.1) is 0 Å². The van der Waals surface area contributed by atoms with Crippen molar-refractivity contribution < 1.29 is 4.79 Å². The van der Waals surface area contributed by atoms with Gasteiger partial charge in [0.1, 0.15) is 5.78 Å². The number of hydrogen-bond acceptors (Lipinski definition) is 1. The molecule has 0 aromatic rings. The Labute approximate surface area is 67.5 Å². The molecule has 0 aliphatic heterocycles. The lowest BCUT2D eigenvalue weighted by Crippen LogP contribution is -2.32. The summed E-state index contributed by atoms with van der Waals surface area (Å²) in [5, 5.41) is 0. The molecule has 2 atom stereocenters. The van der Waals surface area contributed by atoms with Crippen LogP contribution < -0.4 is 0 Å². The molecule has 60 valence electrons. The molecule has 0 saturated heterocycles. The second kappa shape index (κ2) is 2.20. The second-order valence-corrected chi connectivity index (χ2v) is 4.06. The summed E-state index contributed by atoms with van der Waals surface area (Å²) in [4.78, 5) is 11.0. The lowest BCUT2D eigenvalue weighted by molar-refractivity contribution is -0.130. The van der Waals surface area contributed by atoms with Crippen molar-refractivity contribution in [2.45, 2.75) is 26.7 Å². The zero-order chi connectivity index (χ0) is 8.01. The van der Waals surface area contributed by atoms with Crippen LogP contribution in [0.2, 0.25) is 0 Å². The summed E-state index contributed by atoms with van der Waals surface area (Å²) in [5.41, 5.74) is 1.51. The minimum absolute atomic E-state index is 0.326. The quantitative estimate of drug-likeness (QED) is 0.523. The molecule has 0 heterocycles. The Morgan fingerprint density at radius 2 is 2.18 bits per heavy atom. The van der Waals surface area contributed by atoms with Crippen molar-refractivity contribution in [2.75, 3.05) is 0 Å². The van der Waals surface area contributed by atoms with Crippen molar-refractivity contribution in [3.05, 3.63) is 11.6 Å². The standard InChI is InChI=1S/C10H14O/c1-6(2)7-3-8-5-10(11)9(8)4-7/h4,6,8-9H,3,5H2,1-2H3. The van der Waals surface area contributed by atoms with Crippen LogP contribution in [0, 0.1) is 17.8 Å². The molecule has 2 unspecified atom stereocenters. The van der Waals surface area contributed by atoms with Crippen molar-refractivity contribution >= 4 is 5.78 Å². The van der Waals surface area contributed by atoms with Gasteiger partial charge in [-0.05, 0) is 18.3 Å². The van der Waals surface area contributed by atoms with Gasteiger partial charge in [-0.25, -0.2) is 0 Å². The maximum absolute atomic E-state index is 11.0. The molecule has 2 aliphatic carbocycles. The highest BCUT2D eigenvalue weighted by Gasteiger charge is 2.42. The number of fused-ring (bicyclic) bond motifs is 1. The number of carbonyl (C=O) groups excluding carboxylic acids is 1. The van der Waals surface area contributed by atoms with Gasteiger partial charge in [0, 0.05) is 12.3 Å². The molecule has 1 saturated carbocycles. The molecule has 2 rings (SSSR count). The first-order valence-electron chi connectivity index (χ1n) is 4.42. The highest BCUT2D eigenvalue weighted by molar-refractivity contribution is 5.90. The Kier molecular flexibility index (Phi) is 1.41. The van der Waals surface area contributed by atoms with E-state index in [1.54, 1.807) is 0 Å². The van der Waals surface area contributed by atoms with Crippen LogP contribution in [0.3, 0.4) is 0 Å². The molecule has 1 fully saturated rings. The molecule has 1 nitrogen and oxygen atoms in total. The topological polar surface area (TPSA) is 17.1 Å². The third kappa shape index (κ3) is 0.943. The van der Waals surface area contributed by atoms with Gasteiger partial charge in [0.2, 0.25) is 0 Å². The molecule has 2 aliphatic rings. The van der Waals surface area contributed by atoms with E-state index in [1.807, 2.05) is 0 Å². The van der Waals surface area contributed by atoms with E-state index < -0.39 is 0 Å². The molecular weight excluding hydrogens is 136 g/mol. The summed E-state index contributed by atoms with van der Waals surface area (Å²) in [7, 11) is 0. The number of rotatable bonds is 1. The first-order chi connectivity index (χ1) is 5.18. The summed E-state index contributed by atoms with van der Waals surface area (Å²) in [5.74, 6) is 2.13. The molecule has 0 bridgehead atoms. The van der Waals surface area contributed by atoms with Crippen LogP contribution in [0.15, 0.2) is 11.6 Å². The predicted molar refractivity (Wildman–Crippen MR) is 44.1 cm³/mol. The van der Waals surface area contributed by atoms with Crippen molar-refractivity contribution in [3.8, 4) is 0 Å². The summed E-state index contributed by atoms with van der Waals surface area (Å²) in [6, 6.07) is 0. The fourth-order valence-corrected chi connectivity index (χ4v) is 2.08. The smallest absolute Gasteiger partial charge is 0.140 e. The van der Waals surface area contributed by atoms with E-state index in [4.69, 9.17) is 0 Å². The van der Waals surface area contributed by atoms with E-state index in [2.05, 4.69) is 19.9 Å². The van der Waals surface area contributed by atoms with Crippen molar-refractivity contribution in [1.29, 1.82) is 0 Å². The average Bonchev–Trinajstić information content (AvgIpc) is 2.26. The van der Waals surface area contributed by atoms with Crippen LogP contribution in [0.1, 0.15) is 26.7 Å². The van der Waals surface area contributed by atoms with Crippen molar-refractivity contribution in [3.63, 3.8) is 0 Å². The van der Waals surface area contributed by atoms with Gasteiger partial charge in [-0.2, -0.15) is 0 Å². The van der Waals surface area contributed by atoms with E-state index in [-0.39, 0.29) is 0 Å². The monoisotopic (exact) mass is 150 g/mol. The molecule has 0 amide bonds. The average molecular weight is 150 g/mol. The third-order valence-electron chi connectivity index (χ3n) is 2.98. The minimum Gasteiger partial charge on any atom is -0.299 e. The summed E-state index contributed by atoms with van der Waals surface area (Å²) < 4.78 is 0. The molecule has 11 heavy (non-hydrogen) atoms. The van der Waals surface area contributed by atoms with Gasteiger partial charge >= 0.3 is 0 Å². The summed E-state index contributed by atoms with van der Waals surface area (Å²) in [6.45, 7) is 4.42. The van der Waals surface area contributed by atoms with Gasteiger partial charge in [-0.15, -0.1) is 0 Å². The Hall–Kier alpha value is -0.590. The first-order valence-corrected chi connectivity index (χ1v) is 4.42. The van der Waals surface area contributed by atoms with Crippen molar-refractivity contribution in [2.24, 2.45) is 17.8 Å². The minimum atomic E-state index is 0.326. The fraction of sp³-hybridized carbons (Fsp3) is 0.700. The predicted octanol–water partition coefficient (Wildman–Crippen LogP) is 2.18. The van der Waals surface area contributed by atoms with Gasteiger partial charge in [-0.3, -0.25) is 4.79 Å². The Bertz CT molecular complexity index is 225. The second-order valence-electron chi connectivity index (χ2n) is 4.06. The van der Waals surface area contributed by atoms with E-state index in [1.165, 1.54) is 12.0 Å².